The van der Waals surface area contributed by atoms with Gasteiger partial charge in [-0.3, -0.25) is 4.57 Å². The van der Waals surface area contributed by atoms with Gasteiger partial charge in [-0.25, -0.2) is 0 Å². The Balaban J connectivity index is 3.23. The summed E-state index contributed by atoms with van der Waals surface area (Å²) in [5.41, 5.74) is 0. The van der Waals surface area contributed by atoms with Crippen LogP contribution in [0.4, 0.5) is 0 Å². The highest BCUT2D eigenvalue weighted by Crippen LogP contribution is 2.35. The topological polar surface area (TPSA) is 57.5 Å². The number of hydrogen-bond acceptors (Lipinski definition) is 1. The van der Waals surface area contributed by atoms with Gasteiger partial charge < -0.3 is 9.79 Å². The molecule has 0 aromatic heterocycles. The van der Waals surface area contributed by atoms with Crippen LogP contribution in [-0.4, -0.2) is 15.9 Å². The molecular weight excluding hydrogens is 151 g/mol. The first kappa shape index (κ1) is 9.71. The molecule has 0 amide bonds. The fraction of sp³-hybridized carbons (Fsp3) is 0.667. The molecule has 0 aromatic carbocycles. The molecule has 0 spiro atoms. The molecule has 0 unspecified atom stereocenters. The zero-order valence-electron chi connectivity index (χ0n) is 5.58. The Morgan fingerprint density at radius 2 is 2.00 bits per heavy atom. The molecule has 0 aromatic rings. The predicted molar refractivity (Wildman–Crippen MR) is 37.9 cm³/mol. The second-order valence-electron chi connectivity index (χ2n) is 2.02. The molecule has 0 bridgehead atoms. The Morgan fingerprint density at radius 1 is 1.40 bits per heavy atom. The molecule has 0 aliphatic carbocycles. The van der Waals surface area contributed by atoms with Crippen molar-refractivity contribution in [3.63, 3.8) is 0 Å². The fourth-order valence-electron chi connectivity index (χ4n) is 0.531. The summed E-state index contributed by atoms with van der Waals surface area (Å²) in [5, 5.41) is 0. The van der Waals surface area contributed by atoms with Gasteiger partial charge >= 0.3 is 7.60 Å². The van der Waals surface area contributed by atoms with Crippen molar-refractivity contribution in [1.29, 1.82) is 0 Å². The summed E-state index contributed by atoms with van der Waals surface area (Å²) in [6.07, 6.45) is 8.01. The van der Waals surface area contributed by atoms with Crippen LogP contribution in [0.3, 0.4) is 0 Å². The van der Waals surface area contributed by atoms with E-state index in [9.17, 15) is 4.57 Å². The standard InChI is InChI=1S/C6H10O3P/c1-2-3-4-5-6-10(7,8)9/h3-6H2,(H2,7,8,9). The average molecular weight is 161 g/mol. The third kappa shape index (κ3) is 7.71. The first-order valence-corrected chi connectivity index (χ1v) is 4.80. The van der Waals surface area contributed by atoms with Crippen LogP contribution in [-0.2, 0) is 4.57 Å². The van der Waals surface area contributed by atoms with Crippen LogP contribution in [0.2, 0.25) is 0 Å². The minimum atomic E-state index is -3.79. The van der Waals surface area contributed by atoms with E-state index in [0.29, 0.717) is 19.3 Å². The molecule has 0 aliphatic heterocycles. The van der Waals surface area contributed by atoms with Gasteiger partial charge in [0.2, 0.25) is 0 Å². The summed E-state index contributed by atoms with van der Waals surface area (Å²) in [6.45, 7) is 0. The largest absolute Gasteiger partial charge is 0.325 e. The monoisotopic (exact) mass is 161 g/mol. The Morgan fingerprint density at radius 3 is 2.40 bits per heavy atom. The van der Waals surface area contributed by atoms with Crippen LogP contribution in [0.1, 0.15) is 19.3 Å². The van der Waals surface area contributed by atoms with Crippen LogP contribution >= 0.6 is 7.60 Å². The summed E-state index contributed by atoms with van der Waals surface area (Å²) in [7, 11) is -3.79. The molecule has 4 heteroatoms. The maximum Gasteiger partial charge on any atom is 0.325 e. The van der Waals surface area contributed by atoms with Gasteiger partial charge in [0.25, 0.3) is 0 Å². The van der Waals surface area contributed by atoms with E-state index in [2.05, 4.69) is 5.92 Å². The maximum absolute atomic E-state index is 10.2. The Labute approximate surface area is 60.6 Å². The van der Waals surface area contributed by atoms with E-state index in [4.69, 9.17) is 16.2 Å². The van der Waals surface area contributed by atoms with E-state index < -0.39 is 7.60 Å². The number of rotatable bonds is 4. The lowest BCUT2D eigenvalue weighted by Gasteiger charge is -2.00. The quantitative estimate of drug-likeness (QED) is 0.366. The molecule has 0 atom stereocenters. The van der Waals surface area contributed by atoms with E-state index in [1.54, 1.807) is 0 Å². The highest BCUT2D eigenvalue weighted by Gasteiger charge is 2.10. The van der Waals surface area contributed by atoms with Gasteiger partial charge in [-0.2, -0.15) is 0 Å². The SMILES string of the molecule is [C]#CCCCCP(=O)(O)O. The normalized spacial score (nSPS) is 10.9. The first-order valence-electron chi connectivity index (χ1n) is 3.00. The van der Waals surface area contributed by atoms with Crippen molar-refractivity contribution in [1.82, 2.24) is 0 Å². The summed E-state index contributed by atoms with van der Waals surface area (Å²) in [6, 6.07) is 0. The zero-order valence-corrected chi connectivity index (χ0v) is 6.47. The molecule has 1 radical (unpaired) electrons. The van der Waals surface area contributed by atoms with Crippen molar-refractivity contribution >= 4 is 7.60 Å². The summed E-state index contributed by atoms with van der Waals surface area (Å²) in [4.78, 5) is 16.7. The van der Waals surface area contributed by atoms with E-state index in [1.807, 2.05) is 0 Å². The molecule has 0 aliphatic rings. The van der Waals surface area contributed by atoms with Crippen LogP contribution in [0.5, 0.6) is 0 Å². The van der Waals surface area contributed by atoms with E-state index in [1.165, 1.54) is 0 Å². The fourth-order valence-corrected chi connectivity index (χ4v) is 1.17. The highest BCUT2D eigenvalue weighted by atomic mass is 31.2. The molecule has 0 saturated heterocycles. The lowest BCUT2D eigenvalue weighted by Crippen LogP contribution is -1.86. The van der Waals surface area contributed by atoms with Crippen molar-refractivity contribution in [3.05, 3.63) is 6.42 Å². The van der Waals surface area contributed by atoms with Crippen molar-refractivity contribution in [2.24, 2.45) is 0 Å². The van der Waals surface area contributed by atoms with Gasteiger partial charge in [0.15, 0.2) is 0 Å². The zero-order chi connectivity index (χ0) is 8.04. The molecule has 0 saturated carbocycles. The summed E-state index contributed by atoms with van der Waals surface area (Å²) >= 11 is 0. The molecule has 0 rings (SSSR count). The Bertz CT molecular complexity index is 164. The Kier molecular flexibility index (Phi) is 4.38. The predicted octanol–water partition coefficient (Wildman–Crippen LogP) is 0.924. The van der Waals surface area contributed by atoms with Crippen LogP contribution in [0.15, 0.2) is 0 Å². The van der Waals surface area contributed by atoms with Gasteiger partial charge in [-0.1, -0.05) is 5.92 Å². The Hall–Kier alpha value is -0.290. The molecular formula is C6H10O3P. The van der Waals surface area contributed by atoms with E-state index >= 15 is 0 Å². The molecule has 10 heavy (non-hydrogen) atoms. The van der Waals surface area contributed by atoms with Gasteiger partial charge in [0.1, 0.15) is 0 Å². The van der Waals surface area contributed by atoms with Crippen molar-refractivity contribution in [2.75, 3.05) is 6.16 Å². The molecule has 3 nitrogen and oxygen atoms in total. The third-order valence-corrected chi connectivity index (χ3v) is 1.90. The second kappa shape index (κ2) is 4.51. The third-order valence-electron chi connectivity index (χ3n) is 1.00. The summed E-state index contributed by atoms with van der Waals surface area (Å²) in [5.74, 6) is 2.15. The van der Waals surface area contributed by atoms with Gasteiger partial charge in [-0.15, -0.1) is 0 Å². The van der Waals surface area contributed by atoms with Crippen molar-refractivity contribution in [3.8, 4) is 5.92 Å². The molecule has 2 N–H and O–H groups in total. The van der Waals surface area contributed by atoms with Crippen LogP contribution < -0.4 is 0 Å². The van der Waals surface area contributed by atoms with Gasteiger partial charge in [-0.05, 0) is 19.3 Å². The van der Waals surface area contributed by atoms with Crippen LogP contribution in [0.25, 0.3) is 0 Å². The first-order chi connectivity index (χ1) is 4.56. The maximum atomic E-state index is 10.2. The summed E-state index contributed by atoms with van der Waals surface area (Å²) < 4.78 is 10.2. The average Bonchev–Trinajstić information content (AvgIpc) is 1.78. The van der Waals surface area contributed by atoms with E-state index in [-0.39, 0.29) is 6.16 Å². The lowest BCUT2D eigenvalue weighted by atomic mass is 10.3. The van der Waals surface area contributed by atoms with Crippen molar-refractivity contribution < 1.29 is 14.4 Å². The second-order valence-corrected chi connectivity index (χ2v) is 3.80. The van der Waals surface area contributed by atoms with Crippen molar-refractivity contribution in [2.45, 2.75) is 19.3 Å². The van der Waals surface area contributed by atoms with Crippen LogP contribution in [0, 0.1) is 12.3 Å². The minimum Gasteiger partial charge on any atom is -0.324 e. The van der Waals surface area contributed by atoms with Gasteiger partial charge in [0.05, 0.1) is 0 Å². The van der Waals surface area contributed by atoms with Gasteiger partial charge in [0, 0.05) is 12.6 Å². The van der Waals surface area contributed by atoms with E-state index in [0.717, 1.165) is 0 Å². The minimum absolute atomic E-state index is 0.0747. The molecule has 57 valence electrons. The lowest BCUT2D eigenvalue weighted by molar-refractivity contribution is 0.371. The smallest absolute Gasteiger partial charge is 0.324 e. The highest BCUT2D eigenvalue weighted by molar-refractivity contribution is 7.51. The number of hydrogen-bond donors (Lipinski definition) is 2. The number of unbranched alkanes of at least 4 members (excludes halogenated alkanes) is 2. The molecule has 0 heterocycles. The molecule has 0 fully saturated rings.